The van der Waals surface area contributed by atoms with Gasteiger partial charge in [-0.15, -0.1) is 0 Å². The summed E-state index contributed by atoms with van der Waals surface area (Å²) in [7, 11) is -3.75. The van der Waals surface area contributed by atoms with Gasteiger partial charge in [0, 0.05) is 36.9 Å². The van der Waals surface area contributed by atoms with E-state index in [2.05, 4.69) is 4.98 Å². The summed E-state index contributed by atoms with van der Waals surface area (Å²) in [6, 6.07) is 3.55. The van der Waals surface area contributed by atoms with E-state index in [-0.39, 0.29) is 42.9 Å². The number of ether oxygens (including phenoxy) is 1. The molecule has 0 spiro atoms. The van der Waals surface area contributed by atoms with Crippen LogP contribution in [0.5, 0.6) is 5.75 Å². The first-order valence-electron chi connectivity index (χ1n) is 8.97. The lowest BCUT2D eigenvalue weighted by Gasteiger charge is -2.33. The second kappa shape index (κ2) is 8.47. The first kappa shape index (κ1) is 21.8. The molecule has 1 amide bonds. The topological polar surface area (TPSA) is 99.8 Å². The first-order chi connectivity index (χ1) is 13.6. The highest BCUT2D eigenvalue weighted by molar-refractivity contribution is 7.91. The smallest absolute Gasteiger partial charge is 0.305 e. The standard InChI is InChI=1S/C18H22ClN3O5S2/c1-11-8-14(19)9-12(2)16(11)27-10-15(23)21-4-6-22(7-5-21)29(25,26)17-13(3)20-18(24)28-17/h8-9H,4-7,10H2,1-3H3,(H,20,24). The molecule has 1 aromatic heterocycles. The Kier molecular flexibility index (Phi) is 6.37. The summed E-state index contributed by atoms with van der Waals surface area (Å²) in [5, 5.41) is 0.610. The summed E-state index contributed by atoms with van der Waals surface area (Å²) in [6.07, 6.45) is 0. The predicted octanol–water partition coefficient (Wildman–Crippen LogP) is 1.93. The van der Waals surface area contributed by atoms with Crippen molar-refractivity contribution in [2.24, 2.45) is 0 Å². The minimum atomic E-state index is -3.75. The number of nitrogens with zero attached hydrogens (tertiary/aromatic N) is 2. The van der Waals surface area contributed by atoms with E-state index >= 15 is 0 Å². The molecule has 1 aliphatic heterocycles. The van der Waals surface area contributed by atoms with Crippen molar-refractivity contribution in [2.75, 3.05) is 32.8 Å². The van der Waals surface area contributed by atoms with Crippen LogP contribution in [0, 0.1) is 20.8 Å². The Morgan fingerprint density at radius 2 is 1.76 bits per heavy atom. The van der Waals surface area contributed by atoms with Crippen LogP contribution in [-0.4, -0.2) is 61.3 Å². The van der Waals surface area contributed by atoms with Crippen LogP contribution in [-0.2, 0) is 14.8 Å². The van der Waals surface area contributed by atoms with Gasteiger partial charge in [0.1, 0.15) is 5.75 Å². The molecule has 0 saturated carbocycles. The molecular weight excluding hydrogens is 438 g/mol. The van der Waals surface area contributed by atoms with Gasteiger partial charge in [0.05, 0.1) is 0 Å². The Morgan fingerprint density at radius 3 is 2.28 bits per heavy atom. The Labute approximate surface area is 178 Å². The maximum atomic E-state index is 12.7. The average Bonchev–Trinajstić information content (AvgIpc) is 2.99. The van der Waals surface area contributed by atoms with Crippen molar-refractivity contribution >= 4 is 38.9 Å². The number of aromatic nitrogens is 1. The molecule has 0 aliphatic carbocycles. The Bertz CT molecular complexity index is 1060. The molecule has 0 radical (unpaired) electrons. The van der Waals surface area contributed by atoms with Crippen molar-refractivity contribution in [3.05, 3.63) is 43.6 Å². The molecule has 3 rings (SSSR count). The molecule has 0 unspecified atom stereocenters. The molecule has 0 bridgehead atoms. The number of amides is 1. The summed E-state index contributed by atoms with van der Waals surface area (Å²) in [6.45, 7) is 6.00. The van der Waals surface area contributed by atoms with Crippen LogP contribution in [0.15, 0.2) is 21.1 Å². The number of carbonyl (C=O) groups is 1. The SMILES string of the molecule is Cc1cc(Cl)cc(C)c1OCC(=O)N1CCN(S(=O)(=O)c2sc(=O)[nH]c2C)CC1. The molecule has 2 aromatic rings. The van der Waals surface area contributed by atoms with Gasteiger partial charge in [-0.2, -0.15) is 4.31 Å². The third-order valence-corrected chi connectivity index (χ3v) is 8.41. The van der Waals surface area contributed by atoms with E-state index in [1.165, 1.54) is 4.31 Å². The average molecular weight is 460 g/mol. The molecule has 1 aromatic carbocycles. The fourth-order valence-electron chi connectivity index (χ4n) is 3.28. The number of benzene rings is 1. The number of hydrogen-bond donors (Lipinski definition) is 1. The highest BCUT2D eigenvalue weighted by atomic mass is 35.5. The fourth-order valence-corrected chi connectivity index (χ4v) is 6.47. The lowest BCUT2D eigenvalue weighted by Crippen LogP contribution is -2.51. The molecule has 1 N–H and O–H groups in total. The molecule has 2 heterocycles. The molecule has 158 valence electrons. The zero-order valence-electron chi connectivity index (χ0n) is 16.3. The lowest BCUT2D eigenvalue weighted by molar-refractivity contribution is -0.134. The van der Waals surface area contributed by atoms with E-state index in [1.54, 1.807) is 24.0 Å². The van der Waals surface area contributed by atoms with Crippen molar-refractivity contribution in [2.45, 2.75) is 25.0 Å². The summed E-state index contributed by atoms with van der Waals surface area (Å²) >= 11 is 6.69. The Balaban J connectivity index is 1.60. The summed E-state index contributed by atoms with van der Waals surface area (Å²) in [5.74, 6) is 0.417. The molecule has 1 aliphatic rings. The van der Waals surface area contributed by atoms with E-state index < -0.39 is 14.9 Å². The van der Waals surface area contributed by atoms with Crippen molar-refractivity contribution in [3.8, 4) is 5.75 Å². The van der Waals surface area contributed by atoms with Gasteiger partial charge in [-0.05, 0) is 44.0 Å². The van der Waals surface area contributed by atoms with Crippen LogP contribution >= 0.6 is 22.9 Å². The highest BCUT2D eigenvalue weighted by Crippen LogP contribution is 2.27. The van der Waals surface area contributed by atoms with E-state index in [0.29, 0.717) is 27.8 Å². The highest BCUT2D eigenvalue weighted by Gasteiger charge is 2.32. The Hall–Kier alpha value is -1.88. The first-order valence-corrected chi connectivity index (χ1v) is 11.6. The molecule has 1 saturated heterocycles. The van der Waals surface area contributed by atoms with E-state index in [9.17, 15) is 18.0 Å². The molecule has 0 atom stereocenters. The monoisotopic (exact) mass is 459 g/mol. The third kappa shape index (κ3) is 4.66. The molecule has 1 fully saturated rings. The normalized spacial score (nSPS) is 15.5. The maximum absolute atomic E-state index is 12.7. The number of piperazine rings is 1. The number of carbonyl (C=O) groups excluding carboxylic acids is 1. The largest absolute Gasteiger partial charge is 0.483 e. The second-order valence-corrected chi connectivity index (χ2v) is 10.4. The van der Waals surface area contributed by atoms with Crippen LogP contribution in [0.1, 0.15) is 16.8 Å². The molecular formula is C18H22ClN3O5S2. The number of halogens is 1. The summed E-state index contributed by atoms with van der Waals surface area (Å²) in [4.78, 5) is 27.6. The van der Waals surface area contributed by atoms with Crippen LogP contribution in [0.2, 0.25) is 5.02 Å². The van der Waals surface area contributed by atoms with Crippen molar-refractivity contribution in [1.82, 2.24) is 14.2 Å². The van der Waals surface area contributed by atoms with Gasteiger partial charge in [0.25, 0.3) is 15.9 Å². The summed E-state index contributed by atoms with van der Waals surface area (Å²) in [5.41, 5.74) is 2.03. The number of aromatic amines is 1. The number of nitrogens with one attached hydrogen (secondary N) is 1. The number of sulfonamides is 1. The Morgan fingerprint density at radius 1 is 1.17 bits per heavy atom. The second-order valence-electron chi connectivity index (χ2n) is 6.87. The van der Waals surface area contributed by atoms with Crippen molar-refractivity contribution in [1.29, 1.82) is 0 Å². The van der Waals surface area contributed by atoms with Crippen LogP contribution < -0.4 is 9.61 Å². The van der Waals surface area contributed by atoms with E-state index in [0.717, 1.165) is 11.1 Å². The number of thiazole rings is 1. The predicted molar refractivity (Wildman–Crippen MR) is 111 cm³/mol. The van der Waals surface area contributed by atoms with Gasteiger partial charge in [-0.1, -0.05) is 22.9 Å². The maximum Gasteiger partial charge on any atom is 0.305 e. The van der Waals surface area contributed by atoms with Crippen molar-refractivity contribution in [3.63, 3.8) is 0 Å². The van der Waals surface area contributed by atoms with Crippen LogP contribution in [0.25, 0.3) is 0 Å². The minimum absolute atomic E-state index is 0.0271. The van der Waals surface area contributed by atoms with E-state index in [1.807, 2.05) is 13.8 Å². The number of H-pyrrole nitrogens is 1. The zero-order valence-corrected chi connectivity index (χ0v) is 18.7. The van der Waals surface area contributed by atoms with Gasteiger partial charge >= 0.3 is 4.87 Å². The van der Waals surface area contributed by atoms with Gasteiger partial charge in [-0.3, -0.25) is 9.59 Å². The fraction of sp³-hybridized carbons (Fsp3) is 0.444. The molecule has 29 heavy (non-hydrogen) atoms. The van der Waals surface area contributed by atoms with Gasteiger partial charge in [-0.25, -0.2) is 8.42 Å². The zero-order chi connectivity index (χ0) is 21.3. The molecule has 11 heteroatoms. The number of hydrogen-bond acceptors (Lipinski definition) is 6. The number of rotatable bonds is 5. The minimum Gasteiger partial charge on any atom is -0.483 e. The van der Waals surface area contributed by atoms with Crippen LogP contribution in [0.3, 0.4) is 0 Å². The van der Waals surface area contributed by atoms with Gasteiger partial charge in [0.15, 0.2) is 10.8 Å². The van der Waals surface area contributed by atoms with Gasteiger partial charge < -0.3 is 14.6 Å². The van der Waals surface area contributed by atoms with E-state index in [4.69, 9.17) is 16.3 Å². The van der Waals surface area contributed by atoms with Crippen LogP contribution in [0.4, 0.5) is 0 Å². The van der Waals surface area contributed by atoms with Crippen molar-refractivity contribution < 1.29 is 17.9 Å². The molecule has 8 nitrogen and oxygen atoms in total. The summed E-state index contributed by atoms with van der Waals surface area (Å²) < 4.78 is 32.5. The lowest BCUT2D eigenvalue weighted by atomic mass is 10.1. The number of aryl methyl sites for hydroxylation is 3. The quantitative estimate of drug-likeness (QED) is 0.736. The van der Waals surface area contributed by atoms with Gasteiger partial charge in [0.2, 0.25) is 0 Å². The third-order valence-electron chi connectivity index (χ3n) is 4.71.